The van der Waals surface area contributed by atoms with Crippen molar-refractivity contribution in [1.29, 1.82) is 5.26 Å². The molecule has 1 rings (SSSR count). The summed E-state index contributed by atoms with van der Waals surface area (Å²) in [5.41, 5.74) is -2.52. The predicted octanol–water partition coefficient (Wildman–Crippen LogP) is 1.79. The summed E-state index contributed by atoms with van der Waals surface area (Å²) in [4.78, 5) is 10.6. The quantitative estimate of drug-likeness (QED) is 0.879. The highest BCUT2D eigenvalue weighted by Crippen LogP contribution is 2.36. The number of hydrogen-bond donors (Lipinski definition) is 2. The molecule has 0 aliphatic carbocycles. The first-order chi connectivity index (χ1) is 9.49. The molecule has 0 bridgehead atoms. The van der Waals surface area contributed by atoms with Gasteiger partial charge in [-0.1, -0.05) is 0 Å². The predicted molar refractivity (Wildman–Crippen MR) is 65.8 cm³/mol. The number of nitriles is 1. The van der Waals surface area contributed by atoms with Gasteiger partial charge in [-0.3, -0.25) is 9.52 Å². The number of sulfonamides is 1. The van der Waals surface area contributed by atoms with Gasteiger partial charge in [0, 0.05) is 0 Å². The zero-order chi connectivity index (χ0) is 16.4. The van der Waals surface area contributed by atoms with Gasteiger partial charge in [0.15, 0.2) is 5.25 Å². The lowest BCUT2D eigenvalue weighted by molar-refractivity contribution is -0.137. The summed E-state index contributed by atoms with van der Waals surface area (Å²) in [5.74, 6) is -1.70. The molecule has 6 nitrogen and oxygen atoms in total. The van der Waals surface area contributed by atoms with Crippen LogP contribution in [-0.2, 0) is 21.0 Å². The van der Waals surface area contributed by atoms with Crippen LogP contribution in [0.15, 0.2) is 18.2 Å². The Morgan fingerprint density at radius 1 is 1.43 bits per heavy atom. The van der Waals surface area contributed by atoms with Crippen LogP contribution in [0.3, 0.4) is 0 Å². The molecular weight excluding hydrogens is 313 g/mol. The van der Waals surface area contributed by atoms with Crippen molar-refractivity contribution in [3.63, 3.8) is 0 Å². The molecule has 0 aromatic heterocycles. The minimum atomic E-state index is -4.91. The summed E-state index contributed by atoms with van der Waals surface area (Å²) in [6.45, 7) is 0.821. The van der Waals surface area contributed by atoms with Gasteiger partial charge in [-0.05, 0) is 25.1 Å². The second-order valence-corrected chi connectivity index (χ2v) is 6.00. The van der Waals surface area contributed by atoms with E-state index in [4.69, 9.17) is 10.4 Å². The van der Waals surface area contributed by atoms with Gasteiger partial charge in [-0.15, -0.1) is 0 Å². The Morgan fingerprint density at radius 2 is 2.00 bits per heavy atom. The number of carboxylic acids is 1. The largest absolute Gasteiger partial charge is 0.480 e. The van der Waals surface area contributed by atoms with E-state index in [2.05, 4.69) is 0 Å². The van der Waals surface area contributed by atoms with E-state index < -0.39 is 38.7 Å². The van der Waals surface area contributed by atoms with Crippen LogP contribution in [0.1, 0.15) is 18.1 Å². The third kappa shape index (κ3) is 3.85. The molecule has 0 radical (unpaired) electrons. The van der Waals surface area contributed by atoms with Gasteiger partial charge in [0.05, 0.1) is 22.9 Å². The summed E-state index contributed by atoms with van der Waals surface area (Å²) < 4.78 is 63.4. The highest BCUT2D eigenvalue weighted by Gasteiger charge is 2.36. The lowest BCUT2D eigenvalue weighted by Gasteiger charge is -2.16. The number of halogens is 3. The fourth-order valence-corrected chi connectivity index (χ4v) is 2.24. The molecule has 0 saturated heterocycles. The number of benzene rings is 1. The van der Waals surface area contributed by atoms with Crippen molar-refractivity contribution in [1.82, 2.24) is 0 Å². The molecule has 0 aliphatic rings. The molecule has 10 heteroatoms. The molecule has 1 aromatic carbocycles. The number of nitrogens with zero attached hydrogens (tertiary/aromatic N) is 1. The standard InChI is InChI=1S/C11H9F3N2O4S/c1-6(10(17)18)21(19,20)16-9-3-2-7(5-15)4-8(9)11(12,13)14/h2-4,6,16H,1H3,(H,17,18). The molecule has 0 heterocycles. The molecule has 1 unspecified atom stereocenters. The van der Waals surface area contributed by atoms with Crippen molar-refractivity contribution in [2.24, 2.45) is 0 Å². The van der Waals surface area contributed by atoms with Crippen LogP contribution in [0.4, 0.5) is 18.9 Å². The summed E-state index contributed by atoms with van der Waals surface area (Å²) in [7, 11) is -4.55. The summed E-state index contributed by atoms with van der Waals surface area (Å²) in [6, 6.07) is 3.72. The van der Waals surface area contributed by atoms with E-state index in [1.807, 2.05) is 0 Å². The van der Waals surface area contributed by atoms with E-state index in [0.29, 0.717) is 6.07 Å². The van der Waals surface area contributed by atoms with Gasteiger partial charge in [0.2, 0.25) is 10.0 Å². The molecule has 0 amide bonds. The number of alkyl halides is 3. The number of hydrogen-bond acceptors (Lipinski definition) is 4. The zero-order valence-corrected chi connectivity index (χ0v) is 11.3. The van der Waals surface area contributed by atoms with Crippen LogP contribution in [0.25, 0.3) is 0 Å². The lowest BCUT2D eigenvalue weighted by atomic mass is 10.1. The van der Waals surface area contributed by atoms with E-state index in [1.165, 1.54) is 6.07 Å². The average Bonchev–Trinajstić information content (AvgIpc) is 2.36. The molecule has 0 spiro atoms. The average molecular weight is 322 g/mol. The van der Waals surface area contributed by atoms with Crippen molar-refractivity contribution < 1.29 is 31.5 Å². The first kappa shape index (κ1) is 16.8. The summed E-state index contributed by atoms with van der Waals surface area (Å²) >= 11 is 0. The second-order valence-electron chi connectivity index (χ2n) is 4.00. The fraction of sp³-hybridized carbons (Fsp3) is 0.273. The number of carboxylic acid groups (broad SMARTS) is 1. The SMILES string of the molecule is CC(C(=O)O)S(=O)(=O)Nc1ccc(C#N)cc1C(F)(F)F. The van der Waals surface area contributed by atoms with Crippen molar-refractivity contribution in [3.05, 3.63) is 29.3 Å². The zero-order valence-electron chi connectivity index (χ0n) is 10.5. The molecule has 0 fully saturated rings. The van der Waals surface area contributed by atoms with Gasteiger partial charge >= 0.3 is 12.1 Å². The Hall–Kier alpha value is -2.28. The highest BCUT2D eigenvalue weighted by atomic mass is 32.2. The normalized spacial score (nSPS) is 13.3. The van der Waals surface area contributed by atoms with Crippen LogP contribution in [0, 0.1) is 11.3 Å². The van der Waals surface area contributed by atoms with E-state index >= 15 is 0 Å². The van der Waals surface area contributed by atoms with Gasteiger partial charge in [0.1, 0.15) is 0 Å². The van der Waals surface area contributed by atoms with Crippen LogP contribution < -0.4 is 4.72 Å². The molecule has 0 saturated carbocycles. The van der Waals surface area contributed by atoms with E-state index in [1.54, 1.807) is 4.72 Å². The summed E-state index contributed by atoms with van der Waals surface area (Å²) in [6.07, 6.45) is -4.91. The lowest BCUT2D eigenvalue weighted by Crippen LogP contribution is -2.32. The highest BCUT2D eigenvalue weighted by molar-refractivity contribution is 7.94. The Kier molecular flexibility index (Phi) is 4.48. The monoisotopic (exact) mass is 322 g/mol. The number of carbonyl (C=O) groups is 1. The van der Waals surface area contributed by atoms with Crippen molar-refractivity contribution in [2.75, 3.05) is 4.72 Å². The van der Waals surface area contributed by atoms with Gasteiger partial charge < -0.3 is 5.11 Å². The van der Waals surface area contributed by atoms with Gasteiger partial charge in [-0.2, -0.15) is 18.4 Å². The number of anilines is 1. The first-order valence-electron chi connectivity index (χ1n) is 5.35. The van der Waals surface area contributed by atoms with Gasteiger partial charge in [0.25, 0.3) is 0 Å². The summed E-state index contributed by atoms with van der Waals surface area (Å²) in [5, 5.41) is 15.3. The first-order valence-corrected chi connectivity index (χ1v) is 6.89. The van der Waals surface area contributed by atoms with Crippen molar-refractivity contribution >= 4 is 21.7 Å². The Morgan fingerprint density at radius 3 is 2.43 bits per heavy atom. The molecular formula is C11H9F3N2O4S. The minimum Gasteiger partial charge on any atom is -0.480 e. The maximum absolute atomic E-state index is 12.8. The maximum Gasteiger partial charge on any atom is 0.418 e. The molecule has 0 aliphatic heterocycles. The van der Waals surface area contributed by atoms with E-state index in [-0.39, 0.29) is 5.56 Å². The molecule has 2 N–H and O–H groups in total. The van der Waals surface area contributed by atoms with E-state index in [0.717, 1.165) is 19.1 Å². The fourth-order valence-electron chi connectivity index (χ4n) is 1.31. The molecule has 1 atom stereocenters. The van der Waals surface area contributed by atoms with Crippen molar-refractivity contribution in [2.45, 2.75) is 18.3 Å². The number of rotatable bonds is 4. The molecule has 21 heavy (non-hydrogen) atoms. The van der Waals surface area contributed by atoms with Crippen LogP contribution in [0.5, 0.6) is 0 Å². The topological polar surface area (TPSA) is 107 Å². The van der Waals surface area contributed by atoms with Gasteiger partial charge in [-0.25, -0.2) is 8.42 Å². The number of nitrogens with one attached hydrogen (secondary N) is 1. The smallest absolute Gasteiger partial charge is 0.418 e. The Balaban J connectivity index is 3.33. The minimum absolute atomic E-state index is 0.309. The Bertz CT molecular complexity index is 707. The van der Waals surface area contributed by atoms with E-state index in [9.17, 15) is 26.4 Å². The maximum atomic E-state index is 12.8. The molecule has 114 valence electrons. The second kappa shape index (κ2) is 5.61. The Labute approximate surface area is 117 Å². The van der Waals surface area contributed by atoms with Crippen LogP contribution in [-0.4, -0.2) is 24.7 Å². The van der Waals surface area contributed by atoms with Crippen molar-refractivity contribution in [3.8, 4) is 6.07 Å². The molecule has 1 aromatic rings. The third-order valence-corrected chi connectivity index (χ3v) is 4.16. The van der Waals surface area contributed by atoms with Crippen LogP contribution in [0.2, 0.25) is 0 Å². The third-order valence-electron chi connectivity index (χ3n) is 2.52. The van der Waals surface area contributed by atoms with Crippen LogP contribution >= 0.6 is 0 Å². The number of aliphatic carboxylic acids is 1.